The molecule has 16 nitrogen and oxygen atoms in total. The first-order valence-corrected chi connectivity index (χ1v) is 14.1. The Morgan fingerprint density at radius 3 is 2.40 bits per heavy atom. The van der Waals surface area contributed by atoms with E-state index >= 15 is 0 Å². The summed E-state index contributed by atoms with van der Waals surface area (Å²) in [5.41, 5.74) is 16.8. The van der Waals surface area contributed by atoms with Crippen LogP contribution in [0.3, 0.4) is 0 Å². The van der Waals surface area contributed by atoms with Crippen LogP contribution >= 0.6 is 0 Å². The molecule has 43 heavy (non-hydrogen) atoms. The van der Waals surface area contributed by atoms with Gasteiger partial charge in [-0.2, -0.15) is 0 Å². The maximum Gasteiger partial charge on any atom is 0.271 e. The predicted molar refractivity (Wildman–Crippen MR) is 146 cm³/mol. The molecule has 0 aromatic carbocycles. The lowest BCUT2D eigenvalue weighted by Crippen LogP contribution is -2.68. The number of nitrogens with one attached hydrogen (secondary N) is 2. The van der Waals surface area contributed by atoms with Gasteiger partial charge < -0.3 is 72.1 Å². The van der Waals surface area contributed by atoms with Crippen molar-refractivity contribution in [1.82, 2.24) is 5.32 Å². The van der Waals surface area contributed by atoms with Crippen LogP contribution in [0.5, 0.6) is 0 Å². The zero-order valence-electron chi connectivity index (χ0n) is 24.1. The molecular formula is C25H46F2N6O10. The van der Waals surface area contributed by atoms with Crippen LogP contribution < -0.4 is 22.5 Å². The van der Waals surface area contributed by atoms with Crippen molar-refractivity contribution in [3.63, 3.8) is 0 Å². The van der Waals surface area contributed by atoms with Crippen molar-refractivity contribution in [2.75, 3.05) is 19.8 Å². The van der Waals surface area contributed by atoms with Crippen molar-refractivity contribution >= 4 is 11.7 Å². The number of hydrogen-bond donors (Lipinski definition) is 11. The lowest BCUT2D eigenvalue weighted by Gasteiger charge is -2.49. The van der Waals surface area contributed by atoms with E-state index in [0.717, 1.165) is 0 Å². The molecule has 0 bridgehead atoms. The van der Waals surface area contributed by atoms with Crippen LogP contribution in [-0.2, 0) is 18.9 Å². The first-order chi connectivity index (χ1) is 20.1. The number of amidine groups is 2. The van der Waals surface area contributed by atoms with Gasteiger partial charge in [-0.05, 0) is 26.2 Å². The Hall–Kier alpha value is -1.68. The fraction of sp³-hybridized carbons (Fsp3) is 0.920. The van der Waals surface area contributed by atoms with E-state index < -0.39 is 104 Å². The van der Waals surface area contributed by atoms with Crippen LogP contribution in [0.1, 0.15) is 33.1 Å². The van der Waals surface area contributed by atoms with Crippen molar-refractivity contribution in [1.29, 1.82) is 5.41 Å². The Morgan fingerprint density at radius 2 is 1.77 bits per heavy atom. The summed E-state index contributed by atoms with van der Waals surface area (Å²) in [6, 6.07) is -2.72. The SMILES string of the molecule is C[C@@H]1C(O)[C@@H](OC2C(O)C(O[C@H]3O[C@H](CN=C(N)C(O)CO)CCC3N)[C@@H](N)C[C@H]2NC(=N)C(O)C(F)F)OCC1(C)O. The van der Waals surface area contributed by atoms with Crippen molar-refractivity contribution < 1.29 is 58.4 Å². The number of nitrogens with zero attached hydrogens (tertiary/aromatic N) is 1. The zero-order valence-corrected chi connectivity index (χ0v) is 24.1. The molecule has 1 saturated carbocycles. The Balaban J connectivity index is 1.78. The fourth-order valence-electron chi connectivity index (χ4n) is 5.21. The Labute approximate surface area is 247 Å². The number of nitrogens with two attached hydrogens (primary N) is 3. The molecule has 2 aliphatic heterocycles. The van der Waals surface area contributed by atoms with Crippen molar-refractivity contribution in [2.24, 2.45) is 28.1 Å². The van der Waals surface area contributed by atoms with Gasteiger partial charge in [0.25, 0.3) is 6.43 Å². The van der Waals surface area contributed by atoms with Gasteiger partial charge in [-0.25, -0.2) is 8.78 Å². The minimum atomic E-state index is -3.26. The number of hydrogen-bond acceptors (Lipinski definition) is 14. The van der Waals surface area contributed by atoms with Gasteiger partial charge in [0.15, 0.2) is 18.7 Å². The second-order valence-corrected chi connectivity index (χ2v) is 11.7. The smallest absolute Gasteiger partial charge is 0.271 e. The number of aliphatic imine (C=N–C) groups is 1. The highest BCUT2D eigenvalue weighted by Gasteiger charge is 2.51. The van der Waals surface area contributed by atoms with E-state index in [9.17, 15) is 34.3 Å². The van der Waals surface area contributed by atoms with Gasteiger partial charge in [-0.3, -0.25) is 10.4 Å². The normalized spacial score (nSPS) is 42.4. The molecule has 250 valence electrons. The molecule has 0 radical (unpaired) electrons. The molecule has 1 aliphatic carbocycles. The van der Waals surface area contributed by atoms with E-state index in [0.29, 0.717) is 12.8 Å². The maximum atomic E-state index is 13.1. The molecule has 0 aromatic rings. The molecule has 0 spiro atoms. The van der Waals surface area contributed by atoms with E-state index in [1.807, 2.05) is 0 Å². The largest absolute Gasteiger partial charge is 0.393 e. The summed E-state index contributed by atoms with van der Waals surface area (Å²) in [7, 11) is 0. The lowest BCUT2D eigenvalue weighted by atomic mass is 9.82. The first-order valence-electron chi connectivity index (χ1n) is 14.1. The van der Waals surface area contributed by atoms with Crippen LogP contribution in [0.4, 0.5) is 8.78 Å². The second kappa shape index (κ2) is 15.1. The van der Waals surface area contributed by atoms with Gasteiger partial charge in [-0.1, -0.05) is 6.92 Å². The van der Waals surface area contributed by atoms with E-state index in [4.69, 9.17) is 46.7 Å². The van der Waals surface area contributed by atoms with E-state index in [-0.39, 0.29) is 25.4 Å². The molecule has 2 heterocycles. The minimum absolute atomic E-state index is 0.0277. The summed E-state index contributed by atoms with van der Waals surface area (Å²) < 4.78 is 49.6. The van der Waals surface area contributed by atoms with E-state index in [1.165, 1.54) is 6.92 Å². The third kappa shape index (κ3) is 8.74. The molecule has 3 aliphatic rings. The molecule has 18 heteroatoms. The Bertz CT molecular complexity index is 954. The topological polar surface area (TPSA) is 285 Å². The number of aliphatic hydroxyl groups excluding tert-OH is 5. The van der Waals surface area contributed by atoms with Gasteiger partial charge in [0.1, 0.15) is 42.2 Å². The molecule has 3 fully saturated rings. The molecule has 2 saturated heterocycles. The van der Waals surface area contributed by atoms with Gasteiger partial charge in [0.05, 0.1) is 43.5 Å². The van der Waals surface area contributed by atoms with Crippen LogP contribution in [0, 0.1) is 11.3 Å². The summed E-state index contributed by atoms with van der Waals surface area (Å²) in [5, 5.41) is 71.3. The van der Waals surface area contributed by atoms with Crippen LogP contribution in [0.25, 0.3) is 0 Å². The number of alkyl halides is 2. The standard InChI is InChI=1S/C25H46F2N6O10/c1-9-15(36)24(40-8-25(9,2)39)43-19-13(33-22(31)17(38)20(26)27)5-12(29)18(16(19)37)42-23-11(28)4-3-10(41-23)6-32-21(30)14(35)7-34/h9-20,23-24,34-39H,3-8,28-29H2,1-2H3,(H2,30,32)(H2,31,33)/t9-,10+,11?,12+,13-,14?,15?,16?,17?,18?,19?,23-,24-,25?/m1/s1. The predicted octanol–water partition coefficient (Wildman–Crippen LogP) is -3.94. The molecule has 8 unspecified atom stereocenters. The maximum absolute atomic E-state index is 13.1. The molecule has 14 atom stereocenters. The zero-order chi connectivity index (χ0) is 32.2. The highest BCUT2D eigenvalue weighted by atomic mass is 19.3. The third-order valence-electron chi connectivity index (χ3n) is 8.28. The minimum Gasteiger partial charge on any atom is -0.393 e. The van der Waals surface area contributed by atoms with Crippen molar-refractivity contribution in [3.05, 3.63) is 0 Å². The average molecular weight is 629 g/mol. The number of aliphatic hydroxyl groups is 6. The molecular weight excluding hydrogens is 582 g/mol. The van der Waals surface area contributed by atoms with Crippen molar-refractivity contribution in [3.8, 4) is 0 Å². The summed E-state index contributed by atoms with van der Waals surface area (Å²) >= 11 is 0. The monoisotopic (exact) mass is 628 g/mol. The highest BCUT2D eigenvalue weighted by Crippen LogP contribution is 2.34. The Morgan fingerprint density at radius 1 is 1.12 bits per heavy atom. The quantitative estimate of drug-likeness (QED) is 0.0770. The van der Waals surface area contributed by atoms with Crippen LogP contribution in [0.15, 0.2) is 4.99 Å². The summed E-state index contributed by atoms with van der Waals surface area (Å²) in [4.78, 5) is 4.03. The highest BCUT2D eigenvalue weighted by molar-refractivity contribution is 5.84. The fourth-order valence-corrected chi connectivity index (χ4v) is 5.21. The van der Waals surface area contributed by atoms with Gasteiger partial charge in [0.2, 0.25) is 0 Å². The van der Waals surface area contributed by atoms with Crippen LogP contribution in [-0.4, -0.2) is 148 Å². The Kier molecular flexibility index (Phi) is 12.5. The first kappa shape index (κ1) is 35.8. The van der Waals surface area contributed by atoms with E-state index in [1.54, 1.807) is 6.92 Å². The van der Waals surface area contributed by atoms with E-state index in [2.05, 4.69) is 10.3 Å². The molecule has 14 N–H and O–H groups in total. The summed E-state index contributed by atoms with van der Waals surface area (Å²) in [6.45, 7) is 2.26. The number of rotatable bonds is 11. The van der Waals surface area contributed by atoms with Gasteiger partial charge in [-0.15, -0.1) is 0 Å². The molecule has 0 amide bonds. The van der Waals surface area contributed by atoms with Crippen molar-refractivity contribution in [2.45, 2.75) is 119 Å². The molecule has 3 rings (SSSR count). The van der Waals surface area contributed by atoms with Gasteiger partial charge >= 0.3 is 0 Å². The third-order valence-corrected chi connectivity index (χ3v) is 8.28. The second-order valence-electron chi connectivity index (χ2n) is 11.7. The lowest BCUT2D eigenvalue weighted by molar-refractivity contribution is -0.313. The number of halogens is 2. The number of ether oxygens (including phenoxy) is 4. The van der Waals surface area contributed by atoms with Crippen LogP contribution in [0.2, 0.25) is 0 Å². The summed E-state index contributed by atoms with van der Waals surface area (Å²) in [5.74, 6) is -1.82. The average Bonchev–Trinajstić information content (AvgIpc) is 2.96. The van der Waals surface area contributed by atoms with Gasteiger partial charge in [0, 0.05) is 12.0 Å². The summed E-state index contributed by atoms with van der Waals surface area (Å²) in [6.07, 6.45) is -14.7. The molecule has 0 aromatic heterocycles.